The van der Waals surface area contributed by atoms with Gasteiger partial charge in [-0.2, -0.15) is 0 Å². The number of carbonyl (C=O) groups is 2. The molecule has 2 aliphatic heterocycles. The Kier molecular flexibility index (Phi) is 6.60. The lowest BCUT2D eigenvalue weighted by Gasteiger charge is -2.42. The van der Waals surface area contributed by atoms with E-state index in [0.717, 1.165) is 31.9 Å². The molecule has 3 aromatic carbocycles. The van der Waals surface area contributed by atoms with Gasteiger partial charge in [-0.3, -0.25) is 24.2 Å². The van der Waals surface area contributed by atoms with Crippen molar-refractivity contribution in [1.82, 2.24) is 9.80 Å². The highest BCUT2D eigenvalue weighted by Crippen LogP contribution is 2.39. The monoisotopic (exact) mass is 502 g/mol. The van der Waals surface area contributed by atoms with Gasteiger partial charge in [0.1, 0.15) is 12.2 Å². The third kappa shape index (κ3) is 4.41. The lowest BCUT2D eigenvalue weighted by Crippen LogP contribution is -2.61. The Balaban J connectivity index is 1.43. The third-order valence-corrected chi connectivity index (χ3v) is 7.12. The predicted octanol–water partition coefficient (Wildman–Crippen LogP) is 3.43. The molecule has 2 amide bonds. The van der Waals surface area contributed by atoms with E-state index in [9.17, 15) is 19.7 Å². The molecule has 0 spiro atoms. The van der Waals surface area contributed by atoms with Gasteiger partial charge in [-0.25, -0.2) is 4.90 Å². The second kappa shape index (κ2) is 10.00. The zero-order chi connectivity index (χ0) is 26.0. The molecule has 0 aromatic heterocycles. The fourth-order valence-electron chi connectivity index (χ4n) is 5.22. The number of nitro groups is 1. The summed E-state index contributed by atoms with van der Waals surface area (Å²) in [7, 11) is 1.58. The number of piperazine rings is 1. The van der Waals surface area contributed by atoms with E-state index in [0.29, 0.717) is 45.8 Å². The molecular formula is C27H28N5O5+. The summed E-state index contributed by atoms with van der Waals surface area (Å²) in [5, 5.41) is 18.0. The van der Waals surface area contributed by atoms with Gasteiger partial charge in [0.15, 0.2) is 11.4 Å². The topological polar surface area (TPSA) is 114 Å². The van der Waals surface area contributed by atoms with Crippen molar-refractivity contribution in [3.8, 4) is 5.75 Å². The molecule has 5 rings (SSSR count). The number of fused-ring (bicyclic) bond motifs is 1. The SMILES string of the molecule is COc1cc(N2C(=O)c3ccccc3C2=O)ccc1[N+]1(CCNc2ccccc2[N+](=O)[O-])CCNCC1. The van der Waals surface area contributed by atoms with E-state index >= 15 is 0 Å². The van der Waals surface area contributed by atoms with Crippen LogP contribution in [0.3, 0.4) is 0 Å². The molecule has 0 radical (unpaired) electrons. The van der Waals surface area contributed by atoms with E-state index in [1.165, 1.54) is 11.0 Å². The van der Waals surface area contributed by atoms with Crippen LogP contribution in [0.15, 0.2) is 66.7 Å². The number of anilines is 2. The molecule has 0 bridgehead atoms. The first-order chi connectivity index (χ1) is 17.9. The maximum Gasteiger partial charge on any atom is 0.292 e. The van der Waals surface area contributed by atoms with Crippen LogP contribution < -0.4 is 24.8 Å². The molecule has 1 saturated heterocycles. The van der Waals surface area contributed by atoms with Crippen molar-refractivity contribution in [3.05, 3.63) is 88.0 Å². The smallest absolute Gasteiger partial charge is 0.292 e. The summed E-state index contributed by atoms with van der Waals surface area (Å²) in [5.41, 5.74) is 2.70. The summed E-state index contributed by atoms with van der Waals surface area (Å²) in [6.07, 6.45) is 0. The molecule has 190 valence electrons. The second-order valence-electron chi connectivity index (χ2n) is 9.11. The first-order valence-corrected chi connectivity index (χ1v) is 12.2. The number of amides is 2. The summed E-state index contributed by atoms with van der Waals surface area (Å²) in [4.78, 5) is 38.2. The van der Waals surface area contributed by atoms with Gasteiger partial charge < -0.3 is 15.4 Å². The van der Waals surface area contributed by atoms with Crippen molar-refractivity contribution in [2.45, 2.75) is 0 Å². The van der Waals surface area contributed by atoms with Crippen molar-refractivity contribution in [2.24, 2.45) is 0 Å². The molecule has 3 aromatic rings. The average Bonchev–Trinajstić information content (AvgIpc) is 3.18. The van der Waals surface area contributed by atoms with Crippen LogP contribution in [-0.4, -0.2) is 63.1 Å². The zero-order valence-electron chi connectivity index (χ0n) is 20.5. The molecule has 2 aliphatic rings. The number of nitro benzene ring substituents is 1. The second-order valence-corrected chi connectivity index (χ2v) is 9.11. The van der Waals surface area contributed by atoms with E-state index in [4.69, 9.17) is 4.74 Å². The minimum atomic E-state index is -0.390. The zero-order valence-corrected chi connectivity index (χ0v) is 20.5. The molecule has 0 aliphatic carbocycles. The van der Waals surface area contributed by atoms with Gasteiger partial charge in [0.2, 0.25) is 0 Å². The van der Waals surface area contributed by atoms with Gasteiger partial charge in [-0.05, 0) is 24.3 Å². The first kappa shape index (κ1) is 24.4. The number of quaternary nitrogens is 1. The van der Waals surface area contributed by atoms with Gasteiger partial charge in [0.25, 0.3) is 17.5 Å². The van der Waals surface area contributed by atoms with Crippen LogP contribution in [0.1, 0.15) is 20.7 Å². The summed E-state index contributed by atoms with van der Waals surface area (Å²) in [6.45, 7) is 4.36. The van der Waals surface area contributed by atoms with Crippen LogP contribution in [0.4, 0.5) is 22.7 Å². The number of ether oxygens (including phenoxy) is 1. The number of nitrogens with zero attached hydrogens (tertiary/aromatic N) is 3. The minimum absolute atomic E-state index is 0.0391. The lowest BCUT2D eigenvalue weighted by molar-refractivity contribution is -0.384. The van der Waals surface area contributed by atoms with Crippen molar-refractivity contribution in [1.29, 1.82) is 0 Å². The fraction of sp³-hybridized carbons (Fsp3) is 0.259. The first-order valence-electron chi connectivity index (χ1n) is 12.2. The predicted molar refractivity (Wildman–Crippen MR) is 141 cm³/mol. The molecule has 2 heterocycles. The molecule has 2 N–H and O–H groups in total. The highest BCUT2D eigenvalue weighted by atomic mass is 16.6. The molecule has 0 saturated carbocycles. The molecule has 1 fully saturated rings. The summed E-state index contributed by atoms with van der Waals surface area (Å²) in [6, 6.07) is 18.9. The summed E-state index contributed by atoms with van der Waals surface area (Å²) < 4.78 is 6.38. The Labute approximate surface area is 214 Å². The molecular weight excluding hydrogens is 474 g/mol. The molecule has 0 atom stereocenters. The number of carbonyl (C=O) groups excluding carboxylic acids is 2. The Hall–Kier alpha value is -4.28. The maximum absolute atomic E-state index is 13.0. The normalized spacial score (nSPS) is 16.4. The number of methoxy groups -OCH3 is 1. The Bertz CT molecular complexity index is 1330. The number of rotatable bonds is 8. The van der Waals surface area contributed by atoms with Gasteiger partial charge in [0, 0.05) is 31.3 Å². The molecule has 10 heteroatoms. The highest BCUT2D eigenvalue weighted by Gasteiger charge is 2.39. The molecule has 37 heavy (non-hydrogen) atoms. The van der Waals surface area contributed by atoms with Crippen molar-refractivity contribution >= 4 is 34.6 Å². The molecule has 10 nitrogen and oxygen atoms in total. The minimum Gasteiger partial charge on any atom is -0.491 e. The van der Waals surface area contributed by atoms with Gasteiger partial charge >= 0.3 is 0 Å². The van der Waals surface area contributed by atoms with Crippen LogP contribution in [0, 0.1) is 10.1 Å². The largest absolute Gasteiger partial charge is 0.491 e. The number of hydrogen-bond donors (Lipinski definition) is 2. The Morgan fingerprint density at radius 1 is 1.00 bits per heavy atom. The van der Waals surface area contributed by atoms with Crippen LogP contribution in [0.2, 0.25) is 0 Å². The summed E-state index contributed by atoms with van der Waals surface area (Å²) >= 11 is 0. The van der Waals surface area contributed by atoms with E-state index in [-0.39, 0.29) is 17.5 Å². The highest BCUT2D eigenvalue weighted by molar-refractivity contribution is 6.34. The number of benzene rings is 3. The van der Waals surface area contributed by atoms with Gasteiger partial charge in [-0.1, -0.05) is 24.3 Å². The van der Waals surface area contributed by atoms with Gasteiger partial charge in [0.05, 0.1) is 48.5 Å². The average molecular weight is 503 g/mol. The number of nitrogens with one attached hydrogen (secondary N) is 2. The van der Waals surface area contributed by atoms with Crippen LogP contribution in [0.5, 0.6) is 5.75 Å². The lowest BCUT2D eigenvalue weighted by atomic mass is 10.1. The van der Waals surface area contributed by atoms with Crippen molar-refractivity contribution < 1.29 is 19.2 Å². The van der Waals surface area contributed by atoms with Crippen molar-refractivity contribution in [3.63, 3.8) is 0 Å². The number of imide groups is 1. The number of para-hydroxylation sites is 2. The van der Waals surface area contributed by atoms with Crippen LogP contribution in [-0.2, 0) is 0 Å². The van der Waals surface area contributed by atoms with Crippen LogP contribution in [0.25, 0.3) is 0 Å². The van der Waals surface area contributed by atoms with Gasteiger partial charge in [-0.15, -0.1) is 0 Å². The van der Waals surface area contributed by atoms with E-state index in [1.807, 2.05) is 6.07 Å². The number of hydrogen-bond acceptors (Lipinski definition) is 7. The van der Waals surface area contributed by atoms with E-state index in [1.54, 1.807) is 61.7 Å². The van der Waals surface area contributed by atoms with E-state index < -0.39 is 4.92 Å². The Morgan fingerprint density at radius 2 is 1.65 bits per heavy atom. The standard InChI is InChI=1S/C27H28N5O5/c1-37-25-18-19(30-26(33)20-6-2-3-7-21(20)27(30)34)10-11-24(25)32(15-12-28-13-16-32)17-14-29-22-8-4-5-9-23(22)31(35)36/h2-11,18,28-29H,12-17H2,1H3/q+1. The maximum atomic E-state index is 13.0. The Morgan fingerprint density at radius 3 is 2.30 bits per heavy atom. The summed E-state index contributed by atoms with van der Waals surface area (Å²) in [5.74, 6) is -0.119. The quantitative estimate of drug-likeness (QED) is 0.210. The molecule has 0 unspecified atom stereocenters. The third-order valence-electron chi connectivity index (χ3n) is 7.12. The van der Waals surface area contributed by atoms with Crippen LogP contribution >= 0.6 is 0 Å². The van der Waals surface area contributed by atoms with Crippen molar-refractivity contribution in [2.75, 3.05) is 56.6 Å². The van der Waals surface area contributed by atoms with E-state index in [2.05, 4.69) is 10.6 Å². The fourth-order valence-corrected chi connectivity index (χ4v) is 5.22.